The number of hydrogen-bond donors (Lipinski definition) is 3. The van der Waals surface area contributed by atoms with Gasteiger partial charge in [0.2, 0.25) is 29.4 Å². The van der Waals surface area contributed by atoms with E-state index in [1.54, 1.807) is 4.90 Å². The number of carbonyl (C=O) groups excluding carboxylic acids is 3. The van der Waals surface area contributed by atoms with Crippen molar-refractivity contribution in [3.63, 3.8) is 0 Å². The van der Waals surface area contributed by atoms with Gasteiger partial charge in [-0.1, -0.05) is 46.5 Å². The summed E-state index contributed by atoms with van der Waals surface area (Å²) >= 11 is 0. The van der Waals surface area contributed by atoms with Crippen molar-refractivity contribution in [2.24, 2.45) is 17.3 Å². The van der Waals surface area contributed by atoms with Crippen molar-refractivity contribution < 1.29 is 28.7 Å². The zero-order valence-corrected chi connectivity index (χ0v) is 23.6. The number of methoxy groups -OCH3 is 1. The van der Waals surface area contributed by atoms with E-state index in [2.05, 4.69) is 10.6 Å². The van der Waals surface area contributed by atoms with E-state index in [1.165, 1.54) is 19.4 Å². The first kappa shape index (κ1) is 30.6. The van der Waals surface area contributed by atoms with Crippen molar-refractivity contribution in [1.29, 1.82) is 0 Å². The predicted octanol–water partition coefficient (Wildman–Crippen LogP) is 2.30. The Hall–Kier alpha value is -2.92. The molecule has 0 radical (unpaired) electrons. The summed E-state index contributed by atoms with van der Waals surface area (Å²) in [5.74, 6) is 0.0159. The highest BCUT2D eigenvalue weighted by atomic mass is 16.5. The van der Waals surface area contributed by atoms with Gasteiger partial charge in [-0.3, -0.25) is 24.4 Å². The standard InChI is InChI=1S/C28H44N4O7/c1-28(2,3)25(30-26(35)20(16-32(37)18-33)13-19-7-5-6-8-19)27(36)31-11-9-21(10-12-31)29-15-22-14-23(34)24(38-4)17-39-22/h14,17-21,25,29,37H,5-13,15-16H2,1-4H3,(H,30,35)/t20-,25-/m0/s1. The van der Waals surface area contributed by atoms with Crippen molar-refractivity contribution >= 4 is 18.2 Å². The Bertz CT molecular complexity index is 1020. The number of nitrogens with zero attached hydrogens (tertiary/aromatic N) is 2. The van der Waals surface area contributed by atoms with Gasteiger partial charge in [-0.25, -0.2) is 5.06 Å². The van der Waals surface area contributed by atoms with Gasteiger partial charge < -0.3 is 24.7 Å². The predicted molar refractivity (Wildman–Crippen MR) is 144 cm³/mol. The van der Waals surface area contributed by atoms with Crippen LogP contribution in [0.15, 0.2) is 21.5 Å². The van der Waals surface area contributed by atoms with E-state index in [9.17, 15) is 24.4 Å². The summed E-state index contributed by atoms with van der Waals surface area (Å²) in [5, 5.41) is 16.7. The van der Waals surface area contributed by atoms with Gasteiger partial charge in [0.25, 0.3) is 0 Å². The molecule has 11 nitrogen and oxygen atoms in total. The summed E-state index contributed by atoms with van der Waals surface area (Å²) in [5.41, 5.74) is -0.769. The zero-order valence-electron chi connectivity index (χ0n) is 23.6. The first-order valence-corrected chi connectivity index (χ1v) is 13.9. The Morgan fingerprint density at radius 2 is 1.90 bits per heavy atom. The van der Waals surface area contributed by atoms with Crippen LogP contribution in [-0.2, 0) is 20.9 Å². The Morgan fingerprint density at radius 1 is 1.23 bits per heavy atom. The molecule has 0 spiro atoms. The maximum absolute atomic E-state index is 13.6. The minimum Gasteiger partial charge on any atom is -0.490 e. The Kier molecular flexibility index (Phi) is 10.9. The van der Waals surface area contributed by atoms with Gasteiger partial charge >= 0.3 is 0 Å². The monoisotopic (exact) mass is 548 g/mol. The molecule has 1 aliphatic carbocycles. The van der Waals surface area contributed by atoms with Gasteiger partial charge in [-0.15, -0.1) is 0 Å². The number of rotatable bonds is 12. The number of likely N-dealkylation sites (tertiary alicyclic amines) is 1. The molecular weight excluding hydrogens is 504 g/mol. The van der Waals surface area contributed by atoms with Gasteiger partial charge in [-0.2, -0.15) is 0 Å². The molecule has 1 saturated heterocycles. The number of nitrogens with one attached hydrogen (secondary N) is 2. The molecule has 3 amide bonds. The highest BCUT2D eigenvalue weighted by molar-refractivity contribution is 5.89. The maximum Gasteiger partial charge on any atom is 0.245 e. The smallest absolute Gasteiger partial charge is 0.245 e. The molecule has 2 heterocycles. The second-order valence-electron chi connectivity index (χ2n) is 11.9. The lowest BCUT2D eigenvalue weighted by molar-refractivity contribution is -0.156. The van der Waals surface area contributed by atoms with Gasteiger partial charge in [-0.05, 0) is 30.6 Å². The van der Waals surface area contributed by atoms with Crippen LogP contribution in [0.2, 0.25) is 0 Å². The number of hydrogen-bond acceptors (Lipinski definition) is 8. The van der Waals surface area contributed by atoms with E-state index in [1.807, 2.05) is 20.8 Å². The quantitative estimate of drug-likeness (QED) is 0.205. The first-order valence-electron chi connectivity index (χ1n) is 13.9. The Morgan fingerprint density at radius 3 is 2.46 bits per heavy atom. The van der Waals surface area contributed by atoms with Crippen LogP contribution in [-0.4, -0.2) is 72.2 Å². The fourth-order valence-electron chi connectivity index (χ4n) is 5.50. The summed E-state index contributed by atoms with van der Waals surface area (Å²) in [7, 11) is 1.42. The molecule has 0 bridgehead atoms. The number of carbonyl (C=O) groups is 3. The summed E-state index contributed by atoms with van der Waals surface area (Å²) in [6.45, 7) is 7.12. The molecule has 2 aliphatic rings. The SMILES string of the molecule is COc1coc(CNC2CCN(C(=O)[C@H](NC(=O)[C@@H](CC3CCCC3)CN(O)C=O)C(C)(C)C)CC2)cc1=O. The molecular formula is C28H44N4O7. The van der Waals surface area contributed by atoms with Crippen LogP contribution >= 0.6 is 0 Å². The van der Waals surface area contributed by atoms with E-state index in [-0.39, 0.29) is 35.6 Å². The van der Waals surface area contributed by atoms with E-state index < -0.39 is 17.4 Å². The molecule has 1 saturated carbocycles. The third-order valence-corrected chi connectivity index (χ3v) is 7.84. The van der Waals surface area contributed by atoms with Crippen molar-refractivity contribution in [2.45, 2.75) is 84.3 Å². The van der Waals surface area contributed by atoms with Crippen LogP contribution in [0, 0.1) is 17.3 Å². The van der Waals surface area contributed by atoms with Crippen molar-refractivity contribution in [3.05, 3.63) is 28.3 Å². The van der Waals surface area contributed by atoms with Crippen LogP contribution in [0.1, 0.15) is 71.5 Å². The fourth-order valence-corrected chi connectivity index (χ4v) is 5.50. The van der Waals surface area contributed by atoms with Crippen molar-refractivity contribution in [1.82, 2.24) is 20.6 Å². The van der Waals surface area contributed by atoms with Gasteiger partial charge in [0.15, 0.2) is 0 Å². The molecule has 0 unspecified atom stereocenters. The molecule has 2 atom stereocenters. The minimum atomic E-state index is -0.738. The maximum atomic E-state index is 13.6. The highest BCUT2D eigenvalue weighted by Gasteiger charge is 2.38. The normalized spacial score (nSPS) is 18.4. The van der Waals surface area contributed by atoms with Crippen LogP contribution in [0.25, 0.3) is 0 Å². The fraction of sp³-hybridized carbons (Fsp3) is 0.714. The lowest BCUT2D eigenvalue weighted by atomic mass is 9.84. The number of ether oxygens (including phenoxy) is 1. The van der Waals surface area contributed by atoms with Crippen molar-refractivity contribution in [2.75, 3.05) is 26.7 Å². The van der Waals surface area contributed by atoms with E-state index in [0.29, 0.717) is 49.2 Å². The van der Waals surface area contributed by atoms with E-state index >= 15 is 0 Å². The lowest BCUT2D eigenvalue weighted by Crippen LogP contribution is -2.58. The molecule has 1 aromatic heterocycles. The summed E-state index contributed by atoms with van der Waals surface area (Å²) in [4.78, 5) is 51.8. The van der Waals surface area contributed by atoms with E-state index in [4.69, 9.17) is 9.15 Å². The number of amides is 3. The largest absolute Gasteiger partial charge is 0.490 e. The molecule has 11 heteroatoms. The molecule has 3 rings (SSSR count). The minimum absolute atomic E-state index is 0.0950. The van der Waals surface area contributed by atoms with Crippen LogP contribution in [0.4, 0.5) is 0 Å². The summed E-state index contributed by atoms with van der Waals surface area (Å²) in [6.07, 6.45) is 7.94. The summed E-state index contributed by atoms with van der Waals surface area (Å²) < 4.78 is 10.4. The first-order chi connectivity index (χ1) is 18.5. The summed E-state index contributed by atoms with van der Waals surface area (Å²) in [6, 6.07) is 0.822. The van der Waals surface area contributed by atoms with E-state index in [0.717, 1.165) is 38.5 Å². The number of hydroxylamine groups is 2. The third-order valence-electron chi connectivity index (χ3n) is 7.84. The average Bonchev–Trinajstić information content (AvgIpc) is 3.42. The Labute approximate surface area is 230 Å². The molecule has 0 aromatic carbocycles. The molecule has 1 aromatic rings. The van der Waals surface area contributed by atoms with Crippen LogP contribution < -0.4 is 20.8 Å². The van der Waals surface area contributed by atoms with Crippen LogP contribution in [0.5, 0.6) is 5.75 Å². The lowest BCUT2D eigenvalue weighted by Gasteiger charge is -2.39. The molecule has 218 valence electrons. The molecule has 39 heavy (non-hydrogen) atoms. The van der Waals surface area contributed by atoms with Gasteiger partial charge in [0, 0.05) is 25.2 Å². The zero-order chi connectivity index (χ0) is 28.6. The second-order valence-corrected chi connectivity index (χ2v) is 11.9. The second kappa shape index (κ2) is 13.9. The Balaban J connectivity index is 1.58. The highest BCUT2D eigenvalue weighted by Crippen LogP contribution is 2.31. The van der Waals surface area contributed by atoms with Gasteiger partial charge in [0.1, 0.15) is 18.1 Å². The van der Waals surface area contributed by atoms with Gasteiger partial charge in [0.05, 0.1) is 26.1 Å². The third kappa shape index (κ3) is 8.79. The average molecular weight is 549 g/mol. The van der Waals surface area contributed by atoms with Crippen molar-refractivity contribution in [3.8, 4) is 5.75 Å². The molecule has 3 N–H and O–H groups in total. The number of piperidine rings is 1. The molecule has 2 fully saturated rings. The molecule has 1 aliphatic heterocycles. The van der Waals surface area contributed by atoms with Crippen LogP contribution in [0.3, 0.4) is 0 Å². The topological polar surface area (TPSA) is 141 Å².